The third kappa shape index (κ3) is 3.27. The second-order valence-electron chi connectivity index (χ2n) is 5.99. The van der Waals surface area contributed by atoms with Gasteiger partial charge in [-0.2, -0.15) is 0 Å². The molecule has 2 heteroatoms. The second-order valence-corrected chi connectivity index (χ2v) is 5.99. The molecule has 0 fully saturated rings. The zero-order chi connectivity index (χ0) is 14.6. The number of nitrogens with two attached hydrogens (primary N) is 2. The Morgan fingerprint density at radius 3 is 2.00 bits per heavy atom. The van der Waals surface area contributed by atoms with Crippen LogP contribution < -0.4 is 11.5 Å². The van der Waals surface area contributed by atoms with Gasteiger partial charge in [0, 0.05) is 6.04 Å². The summed E-state index contributed by atoms with van der Waals surface area (Å²) < 4.78 is 0. The van der Waals surface area contributed by atoms with Crippen molar-refractivity contribution in [2.75, 3.05) is 6.54 Å². The predicted octanol–water partition coefficient (Wildman–Crippen LogP) is 3.73. The normalized spacial score (nSPS) is 13.2. The minimum Gasteiger partial charge on any atom is -0.330 e. The maximum absolute atomic E-state index is 6.39. The van der Waals surface area contributed by atoms with Gasteiger partial charge in [0.05, 0.1) is 0 Å². The third-order valence-electron chi connectivity index (χ3n) is 4.01. The summed E-state index contributed by atoms with van der Waals surface area (Å²) in [6, 6.07) is 18.9. The summed E-state index contributed by atoms with van der Waals surface area (Å²) in [6.45, 7) is 5.02. The molecule has 4 N–H and O–H groups in total. The largest absolute Gasteiger partial charge is 0.330 e. The minimum absolute atomic E-state index is 0.0101. The van der Waals surface area contributed by atoms with Crippen molar-refractivity contribution >= 4 is 0 Å². The highest BCUT2D eigenvalue weighted by atomic mass is 14.7. The number of hydrogen-bond acceptors (Lipinski definition) is 2. The first-order valence-corrected chi connectivity index (χ1v) is 7.15. The van der Waals surface area contributed by atoms with Crippen LogP contribution in [0.15, 0.2) is 54.6 Å². The highest BCUT2D eigenvalue weighted by Crippen LogP contribution is 2.34. The van der Waals surface area contributed by atoms with Gasteiger partial charge in [-0.05, 0) is 35.1 Å². The van der Waals surface area contributed by atoms with E-state index in [1.54, 1.807) is 0 Å². The molecule has 0 aliphatic carbocycles. The molecule has 0 aliphatic rings. The van der Waals surface area contributed by atoms with E-state index < -0.39 is 0 Å². The molecule has 2 aromatic carbocycles. The van der Waals surface area contributed by atoms with Crippen molar-refractivity contribution in [2.45, 2.75) is 26.3 Å². The summed E-state index contributed by atoms with van der Waals surface area (Å²) in [5.41, 5.74) is 15.7. The van der Waals surface area contributed by atoms with Crippen LogP contribution in [0.25, 0.3) is 11.1 Å². The Labute approximate surface area is 121 Å². The third-order valence-corrected chi connectivity index (χ3v) is 4.01. The zero-order valence-corrected chi connectivity index (χ0v) is 12.3. The van der Waals surface area contributed by atoms with Crippen LogP contribution >= 0.6 is 0 Å². The van der Waals surface area contributed by atoms with Gasteiger partial charge in [0.15, 0.2) is 0 Å². The van der Waals surface area contributed by atoms with Crippen molar-refractivity contribution in [3.8, 4) is 11.1 Å². The lowest BCUT2D eigenvalue weighted by Crippen LogP contribution is -2.31. The van der Waals surface area contributed by atoms with Crippen molar-refractivity contribution in [1.29, 1.82) is 0 Å². The standard InChI is InChI=1S/C18H24N2/c1-18(2,12-13-19)17(20)16-10-8-15(9-11-16)14-6-4-3-5-7-14/h3-11,17H,12-13,19-20H2,1-2H3. The lowest BCUT2D eigenvalue weighted by atomic mass is 9.78. The molecule has 0 bridgehead atoms. The van der Waals surface area contributed by atoms with Crippen LogP contribution in [0.3, 0.4) is 0 Å². The smallest absolute Gasteiger partial charge is 0.0347 e. The quantitative estimate of drug-likeness (QED) is 0.868. The minimum atomic E-state index is 0.0101. The monoisotopic (exact) mass is 268 g/mol. The fourth-order valence-corrected chi connectivity index (χ4v) is 2.49. The Morgan fingerprint density at radius 2 is 1.45 bits per heavy atom. The van der Waals surface area contributed by atoms with Crippen LogP contribution in [-0.2, 0) is 0 Å². The van der Waals surface area contributed by atoms with Crippen LogP contribution in [0.1, 0.15) is 31.9 Å². The van der Waals surface area contributed by atoms with Gasteiger partial charge in [0.25, 0.3) is 0 Å². The first kappa shape index (κ1) is 14.8. The number of hydrogen-bond donors (Lipinski definition) is 2. The molecular formula is C18H24N2. The van der Waals surface area contributed by atoms with E-state index in [0.717, 1.165) is 6.42 Å². The van der Waals surface area contributed by atoms with E-state index in [9.17, 15) is 0 Å². The van der Waals surface area contributed by atoms with Crippen molar-refractivity contribution in [2.24, 2.45) is 16.9 Å². The van der Waals surface area contributed by atoms with Crippen LogP contribution in [-0.4, -0.2) is 6.54 Å². The van der Waals surface area contributed by atoms with E-state index in [-0.39, 0.29) is 11.5 Å². The van der Waals surface area contributed by atoms with Crippen molar-refractivity contribution in [3.05, 3.63) is 60.2 Å². The van der Waals surface area contributed by atoms with Crippen LogP contribution in [0.5, 0.6) is 0 Å². The molecule has 2 rings (SSSR count). The topological polar surface area (TPSA) is 52.0 Å². The fraction of sp³-hybridized carbons (Fsp3) is 0.333. The number of rotatable bonds is 5. The van der Waals surface area contributed by atoms with Gasteiger partial charge in [-0.25, -0.2) is 0 Å². The SMILES string of the molecule is CC(C)(CCN)C(N)c1ccc(-c2ccccc2)cc1. The molecule has 0 heterocycles. The molecule has 0 saturated carbocycles. The molecule has 20 heavy (non-hydrogen) atoms. The Hall–Kier alpha value is -1.64. The zero-order valence-electron chi connectivity index (χ0n) is 12.3. The lowest BCUT2D eigenvalue weighted by Gasteiger charge is -2.31. The highest BCUT2D eigenvalue weighted by molar-refractivity contribution is 5.63. The van der Waals surface area contributed by atoms with Gasteiger partial charge in [0.2, 0.25) is 0 Å². The van der Waals surface area contributed by atoms with Gasteiger partial charge < -0.3 is 11.5 Å². The molecule has 2 nitrogen and oxygen atoms in total. The Bertz CT molecular complexity index is 529. The summed E-state index contributed by atoms with van der Waals surface area (Å²) in [7, 11) is 0. The summed E-state index contributed by atoms with van der Waals surface area (Å²) >= 11 is 0. The summed E-state index contributed by atoms with van der Waals surface area (Å²) in [6.07, 6.45) is 0.925. The molecule has 1 atom stereocenters. The molecule has 2 aromatic rings. The molecule has 0 saturated heterocycles. The summed E-state index contributed by atoms with van der Waals surface area (Å²) in [5.74, 6) is 0. The molecule has 0 amide bonds. The average Bonchev–Trinajstić information content (AvgIpc) is 2.47. The van der Waals surface area contributed by atoms with Gasteiger partial charge in [0.1, 0.15) is 0 Å². The van der Waals surface area contributed by atoms with Crippen molar-refractivity contribution in [1.82, 2.24) is 0 Å². The van der Waals surface area contributed by atoms with E-state index in [0.29, 0.717) is 6.54 Å². The maximum Gasteiger partial charge on any atom is 0.0347 e. The molecule has 0 aliphatic heterocycles. The first-order chi connectivity index (χ1) is 9.54. The van der Waals surface area contributed by atoms with Crippen LogP contribution in [0, 0.1) is 5.41 Å². The Kier molecular flexibility index (Phi) is 4.58. The van der Waals surface area contributed by atoms with E-state index in [2.05, 4.69) is 62.4 Å². The maximum atomic E-state index is 6.39. The van der Waals surface area contributed by atoms with Crippen LogP contribution in [0.4, 0.5) is 0 Å². The Balaban J connectivity index is 2.20. The van der Waals surface area contributed by atoms with Crippen LogP contribution in [0.2, 0.25) is 0 Å². The fourth-order valence-electron chi connectivity index (χ4n) is 2.49. The summed E-state index contributed by atoms with van der Waals surface area (Å²) in [5, 5.41) is 0. The average molecular weight is 268 g/mol. The van der Waals surface area contributed by atoms with Gasteiger partial charge in [-0.3, -0.25) is 0 Å². The van der Waals surface area contributed by atoms with E-state index >= 15 is 0 Å². The molecule has 1 unspecified atom stereocenters. The molecular weight excluding hydrogens is 244 g/mol. The molecule has 0 radical (unpaired) electrons. The predicted molar refractivity (Wildman–Crippen MR) is 86.3 cm³/mol. The van der Waals surface area contributed by atoms with Gasteiger partial charge in [-0.15, -0.1) is 0 Å². The summed E-state index contributed by atoms with van der Waals surface area (Å²) in [4.78, 5) is 0. The Morgan fingerprint density at radius 1 is 0.900 bits per heavy atom. The molecule has 0 aromatic heterocycles. The molecule has 106 valence electrons. The lowest BCUT2D eigenvalue weighted by molar-refractivity contribution is 0.271. The van der Waals surface area contributed by atoms with E-state index in [4.69, 9.17) is 11.5 Å². The van der Waals surface area contributed by atoms with Gasteiger partial charge >= 0.3 is 0 Å². The number of benzene rings is 2. The van der Waals surface area contributed by atoms with E-state index in [1.165, 1.54) is 16.7 Å². The highest BCUT2D eigenvalue weighted by Gasteiger charge is 2.26. The van der Waals surface area contributed by atoms with Gasteiger partial charge in [-0.1, -0.05) is 68.4 Å². The second kappa shape index (κ2) is 6.21. The van der Waals surface area contributed by atoms with Crippen molar-refractivity contribution < 1.29 is 0 Å². The van der Waals surface area contributed by atoms with E-state index in [1.807, 2.05) is 6.07 Å². The van der Waals surface area contributed by atoms with Crippen molar-refractivity contribution in [3.63, 3.8) is 0 Å². The molecule has 0 spiro atoms. The first-order valence-electron chi connectivity index (χ1n) is 7.15.